The largest absolute Gasteiger partial charge is 0.469 e. The Balaban J connectivity index is 0.861. The average Bonchev–Trinajstić information content (AvgIpc) is 3.61. The lowest BCUT2D eigenvalue weighted by molar-refractivity contribution is -0.0818. The lowest BCUT2D eigenvalue weighted by Gasteiger charge is -2.59. The molecule has 5 fully saturated rings. The Kier molecular flexibility index (Phi) is 3.70. The van der Waals surface area contributed by atoms with E-state index in [1.54, 1.807) is 0 Å². The standard InChI is InChI=1S/C22H27N7O2/c30-21(27-9-17(10-27)31-19-6-5-18(24-25-19)14-1-2-14)28-11-22(12-28)7-16(8-22)29-13-23-20(26-29)15-3-4-15/h5-6,13-17H,1-4,7-12H2. The second-order valence-corrected chi connectivity index (χ2v) is 10.3. The Morgan fingerprint density at radius 2 is 1.77 bits per heavy atom. The van der Waals surface area contributed by atoms with Gasteiger partial charge in [-0.1, -0.05) is 0 Å². The molecule has 0 unspecified atom stereocenters. The van der Waals surface area contributed by atoms with Gasteiger partial charge in [0.15, 0.2) is 5.82 Å². The van der Waals surface area contributed by atoms with Crippen molar-refractivity contribution in [3.63, 3.8) is 0 Å². The molecule has 2 aromatic rings. The van der Waals surface area contributed by atoms with Crippen LogP contribution in [0.5, 0.6) is 5.88 Å². The maximum atomic E-state index is 12.7. The van der Waals surface area contributed by atoms with E-state index in [1.807, 2.05) is 28.3 Å². The van der Waals surface area contributed by atoms with Crippen LogP contribution in [-0.4, -0.2) is 73.1 Å². The number of amides is 2. The number of carbonyl (C=O) groups excluding carboxylic acids is 1. The summed E-state index contributed by atoms with van der Waals surface area (Å²) in [6.45, 7) is 2.98. The van der Waals surface area contributed by atoms with Crippen LogP contribution >= 0.6 is 0 Å². The lowest BCUT2D eigenvalue weighted by Crippen LogP contribution is -2.69. The summed E-state index contributed by atoms with van der Waals surface area (Å²) in [5, 5.41) is 13.1. The van der Waals surface area contributed by atoms with E-state index in [4.69, 9.17) is 4.74 Å². The van der Waals surface area contributed by atoms with E-state index >= 15 is 0 Å². The first-order chi connectivity index (χ1) is 15.1. The zero-order chi connectivity index (χ0) is 20.6. The number of hydrogen-bond acceptors (Lipinski definition) is 6. The molecular formula is C22H27N7O2. The summed E-state index contributed by atoms with van der Waals surface area (Å²) in [5.41, 5.74) is 1.36. The molecule has 31 heavy (non-hydrogen) atoms. The number of hydrogen-bond donors (Lipinski definition) is 0. The van der Waals surface area contributed by atoms with E-state index in [0.717, 1.165) is 37.4 Å². The first kappa shape index (κ1) is 17.9. The highest BCUT2D eigenvalue weighted by Gasteiger charge is 2.55. The fraction of sp³-hybridized carbons (Fsp3) is 0.682. The number of urea groups is 1. The third-order valence-corrected chi connectivity index (χ3v) is 7.57. The number of rotatable bonds is 5. The molecule has 3 saturated carbocycles. The van der Waals surface area contributed by atoms with Crippen LogP contribution in [0.1, 0.15) is 67.9 Å². The van der Waals surface area contributed by atoms with Crippen molar-refractivity contribution in [2.75, 3.05) is 26.2 Å². The maximum absolute atomic E-state index is 12.7. The van der Waals surface area contributed by atoms with Crippen LogP contribution < -0.4 is 4.74 Å². The van der Waals surface area contributed by atoms with Crippen molar-refractivity contribution < 1.29 is 9.53 Å². The normalized spacial score (nSPS) is 25.2. The van der Waals surface area contributed by atoms with Gasteiger partial charge in [0, 0.05) is 36.4 Å². The first-order valence-corrected chi connectivity index (χ1v) is 11.6. The number of nitrogens with zero attached hydrogens (tertiary/aromatic N) is 7. The maximum Gasteiger partial charge on any atom is 0.320 e. The summed E-state index contributed by atoms with van der Waals surface area (Å²) in [6, 6.07) is 4.51. The zero-order valence-electron chi connectivity index (χ0n) is 17.6. The summed E-state index contributed by atoms with van der Waals surface area (Å²) >= 11 is 0. The molecule has 0 aromatic carbocycles. The van der Waals surface area contributed by atoms with Crippen molar-refractivity contribution in [2.24, 2.45) is 5.41 Å². The van der Waals surface area contributed by atoms with E-state index < -0.39 is 0 Å². The minimum atomic E-state index is 0.0151. The average molecular weight is 422 g/mol. The van der Waals surface area contributed by atoms with Gasteiger partial charge in [-0.15, -0.1) is 5.10 Å². The number of likely N-dealkylation sites (tertiary alicyclic amines) is 2. The molecule has 4 heterocycles. The molecular weight excluding hydrogens is 394 g/mol. The van der Waals surface area contributed by atoms with Crippen LogP contribution in [0.4, 0.5) is 4.79 Å². The van der Waals surface area contributed by atoms with Gasteiger partial charge in [0.1, 0.15) is 12.4 Å². The van der Waals surface area contributed by atoms with Crippen molar-refractivity contribution in [3.05, 3.63) is 30.0 Å². The monoisotopic (exact) mass is 421 g/mol. The van der Waals surface area contributed by atoms with Gasteiger partial charge in [0.25, 0.3) is 0 Å². The topological polar surface area (TPSA) is 89.3 Å². The summed E-state index contributed by atoms with van der Waals surface area (Å²) in [6.07, 6.45) is 9.02. The van der Waals surface area contributed by atoms with Crippen molar-refractivity contribution in [1.82, 2.24) is 34.8 Å². The fourth-order valence-corrected chi connectivity index (χ4v) is 5.31. The Morgan fingerprint density at radius 3 is 2.45 bits per heavy atom. The molecule has 0 bridgehead atoms. The first-order valence-electron chi connectivity index (χ1n) is 11.6. The third-order valence-electron chi connectivity index (χ3n) is 7.57. The number of aromatic nitrogens is 5. The molecule has 5 aliphatic rings. The van der Waals surface area contributed by atoms with Gasteiger partial charge in [0.05, 0.1) is 24.8 Å². The van der Waals surface area contributed by atoms with E-state index in [2.05, 4.69) is 25.0 Å². The second kappa shape index (κ2) is 6.40. The second-order valence-electron chi connectivity index (χ2n) is 10.3. The Morgan fingerprint density at radius 1 is 1.00 bits per heavy atom. The highest BCUT2D eigenvalue weighted by Crippen LogP contribution is 2.54. The Labute approximate surface area is 180 Å². The molecule has 2 amide bonds. The van der Waals surface area contributed by atoms with Crippen LogP contribution in [0, 0.1) is 5.41 Å². The van der Waals surface area contributed by atoms with E-state index in [1.165, 1.54) is 25.7 Å². The van der Waals surface area contributed by atoms with Crippen LogP contribution in [0.15, 0.2) is 18.5 Å². The predicted molar refractivity (Wildman–Crippen MR) is 110 cm³/mol. The van der Waals surface area contributed by atoms with Gasteiger partial charge in [-0.25, -0.2) is 14.5 Å². The van der Waals surface area contributed by atoms with Crippen molar-refractivity contribution in [2.45, 2.75) is 62.5 Å². The van der Waals surface area contributed by atoms with Crippen LogP contribution in [-0.2, 0) is 0 Å². The highest BCUT2D eigenvalue weighted by atomic mass is 16.5. The van der Waals surface area contributed by atoms with E-state index in [9.17, 15) is 4.79 Å². The molecule has 162 valence electrons. The summed E-state index contributed by atoms with van der Waals surface area (Å²) in [5.74, 6) is 2.78. The fourth-order valence-electron chi connectivity index (χ4n) is 5.31. The molecule has 0 atom stereocenters. The summed E-state index contributed by atoms with van der Waals surface area (Å²) in [7, 11) is 0. The van der Waals surface area contributed by atoms with Crippen molar-refractivity contribution in [1.29, 1.82) is 0 Å². The molecule has 3 aliphatic carbocycles. The Bertz CT molecular complexity index is 993. The molecule has 2 aromatic heterocycles. The van der Waals surface area contributed by atoms with Gasteiger partial charge >= 0.3 is 6.03 Å². The minimum absolute atomic E-state index is 0.0151. The summed E-state index contributed by atoms with van der Waals surface area (Å²) in [4.78, 5) is 21.1. The molecule has 0 radical (unpaired) electrons. The predicted octanol–water partition coefficient (Wildman–Crippen LogP) is 2.34. The van der Waals surface area contributed by atoms with Crippen LogP contribution in [0.3, 0.4) is 0 Å². The smallest absolute Gasteiger partial charge is 0.320 e. The molecule has 2 saturated heterocycles. The van der Waals surface area contributed by atoms with E-state index in [0.29, 0.717) is 42.3 Å². The van der Waals surface area contributed by atoms with Gasteiger partial charge in [-0.3, -0.25) is 0 Å². The molecule has 7 rings (SSSR count). The molecule has 9 heteroatoms. The SMILES string of the molecule is O=C(N1CC(Oc2ccc(C3CC3)nn2)C1)N1CC2(CC(n3cnc(C4CC4)n3)C2)C1. The summed E-state index contributed by atoms with van der Waals surface area (Å²) < 4.78 is 7.93. The quantitative estimate of drug-likeness (QED) is 0.736. The van der Waals surface area contributed by atoms with Crippen LogP contribution in [0.2, 0.25) is 0 Å². The molecule has 1 spiro atoms. The zero-order valence-corrected chi connectivity index (χ0v) is 17.6. The molecule has 9 nitrogen and oxygen atoms in total. The third kappa shape index (κ3) is 3.16. The van der Waals surface area contributed by atoms with Crippen molar-refractivity contribution in [3.8, 4) is 5.88 Å². The lowest BCUT2D eigenvalue weighted by atomic mass is 9.61. The van der Waals surface area contributed by atoms with Crippen LogP contribution in [0.25, 0.3) is 0 Å². The minimum Gasteiger partial charge on any atom is -0.469 e. The molecule has 2 aliphatic heterocycles. The van der Waals surface area contributed by atoms with Gasteiger partial charge < -0.3 is 14.5 Å². The Hall–Kier alpha value is -2.71. The highest BCUT2D eigenvalue weighted by molar-refractivity contribution is 5.76. The number of ether oxygens (including phenoxy) is 1. The van der Waals surface area contributed by atoms with Crippen molar-refractivity contribution >= 4 is 6.03 Å². The van der Waals surface area contributed by atoms with Gasteiger partial charge in [0.2, 0.25) is 5.88 Å². The van der Waals surface area contributed by atoms with E-state index in [-0.39, 0.29) is 12.1 Å². The van der Waals surface area contributed by atoms with Gasteiger partial charge in [-0.05, 0) is 44.6 Å². The van der Waals surface area contributed by atoms with Gasteiger partial charge in [-0.2, -0.15) is 10.2 Å². The number of carbonyl (C=O) groups is 1. The molecule has 0 N–H and O–H groups in total.